The molecule has 3 saturated heterocycles. The average Bonchev–Trinajstić information content (AvgIpc) is 3.25. The first-order valence-corrected chi connectivity index (χ1v) is 11.1. The number of hydrogen-bond donors (Lipinski definition) is 0. The highest BCUT2D eigenvalue weighted by molar-refractivity contribution is 7.91. The van der Waals surface area contributed by atoms with Gasteiger partial charge in [-0.1, -0.05) is 6.92 Å². The third-order valence-corrected chi connectivity index (χ3v) is 9.32. The Morgan fingerprint density at radius 1 is 1.04 bits per heavy atom. The number of hydrogen-bond acceptors (Lipinski definition) is 5. The molecular formula is C17H22N2O4S2. The molecule has 2 bridgehead atoms. The van der Waals surface area contributed by atoms with Crippen LogP contribution in [0.15, 0.2) is 16.3 Å². The van der Waals surface area contributed by atoms with E-state index >= 15 is 0 Å². The normalized spacial score (nSPS) is 30.4. The smallest absolute Gasteiger partial charge is 0.253 e. The third-order valence-electron chi connectivity index (χ3n) is 5.61. The molecule has 0 radical (unpaired) electrons. The van der Waals surface area contributed by atoms with Gasteiger partial charge in [0.25, 0.3) is 10.0 Å². The SMILES string of the molecule is CCc1ccc(S(=O)(=O)N2C3CCC2CC(N2C(=O)CCC2=O)C3)s1. The standard InChI is InChI=1S/C17H22N2O4S2/c1-2-14-5-8-17(24-14)25(22,23)19-11-3-4-12(19)10-13(9-11)18-15(20)6-7-16(18)21/h5,8,11-13H,2-4,6-7,9-10H2,1H3. The van der Waals surface area contributed by atoms with Gasteiger partial charge in [0.2, 0.25) is 11.8 Å². The topological polar surface area (TPSA) is 74.8 Å². The van der Waals surface area contributed by atoms with Crippen LogP contribution in [0.2, 0.25) is 0 Å². The maximum Gasteiger partial charge on any atom is 0.253 e. The van der Waals surface area contributed by atoms with Gasteiger partial charge >= 0.3 is 0 Å². The summed E-state index contributed by atoms with van der Waals surface area (Å²) in [6, 6.07) is 3.23. The number of carbonyl (C=O) groups excluding carboxylic acids is 2. The summed E-state index contributed by atoms with van der Waals surface area (Å²) in [7, 11) is -3.50. The van der Waals surface area contributed by atoms with Crippen LogP contribution in [0.3, 0.4) is 0 Å². The molecule has 2 amide bonds. The van der Waals surface area contributed by atoms with Gasteiger partial charge in [-0.2, -0.15) is 4.31 Å². The number of likely N-dealkylation sites (tertiary alicyclic amines) is 1. The molecule has 0 N–H and O–H groups in total. The molecule has 4 rings (SSSR count). The second-order valence-corrected chi connectivity index (χ2v) is 10.3. The molecule has 2 atom stereocenters. The molecule has 136 valence electrons. The van der Waals surface area contributed by atoms with Crippen LogP contribution in [0.1, 0.15) is 50.3 Å². The second-order valence-electron chi connectivity index (χ2n) is 7.08. The molecule has 4 heterocycles. The van der Waals surface area contributed by atoms with Crippen molar-refractivity contribution in [2.45, 2.75) is 74.2 Å². The number of thiophene rings is 1. The van der Waals surface area contributed by atoms with Gasteiger partial charge in [-0.15, -0.1) is 11.3 Å². The van der Waals surface area contributed by atoms with Gasteiger partial charge in [0, 0.05) is 35.8 Å². The van der Waals surface area contributed by atoms with E-state index in [4.69, 9.17) is 0 Å². The Kier molecular flexibility index (Phi) is 4.24. The Bertz CT molecular complexity index is 786. The highest BCUT2D eigenvalue weighted by Gasteiger charge is 2.50. The van der Waals surface area contributed by atoms with Crippen molar-refractivity contribution in [1.82, 2.24) is 9.21 Å². The molecule has 1 aromatic heterocycles. The van der Waals surface area contributed by atoms with E-state index in [0.29, 0.717) is 29.9 Å². The molecule has 1 aromatic rings. The first-order chi connectivity index (χ1) is 11.9. The van der Waals surface area contributed by atoms with Crippen molar-refractivity contribution in [2.75, 3.05) is 0 Å². The molecule has 0 aromatic carbocycles. The van der Waals surface area contributed by atoms with Crippen LogP contribution >= 0.6 is 11.3 Å². The second kappa shape index (κ2) is 6.17. The number of amides is 2. The average molecular weight is 383 g/mol. The summed E-state index contributed by atoms with van der Waals surface area (Å²) in [6.45, 7) is 2.02. The lowest BCUT2D eigenvalue weighted by Crippen LogP contribution is -2.53. The number of carbonyl (C=O) groups is 2. The van der Waals surface area contributed by atoms with Crippen LogP contribution in [0, 0.1) is 0 Å². The van der Waals surface area contributed by atoms with Gasteiger partial charge in [-0.25, -0.2) is 8.42 Å². The summed E-state index contributed by atoms with van der Waals surface area (Å²) in [5.41, 5.74) is 0. The van der Waals surface area contributed by atoms with Gasteiger partial charge in [0.1, 0.15) is 4.21 Å². The van der Waals surface area contributed by atoms with E-state index in [2.05, 4.69) is 0 Å². The minimum atomic E-state index is -3.50. The Morgan fingerprint density at radius 3 is 2.16 bits per heavy atom. The molecule has 8 heteroatoms. The zero-order valence-electron chi connectivity index (χ0n) is 14.2. The zero-order valence-corrected chi connectivity index (χ0v) is 15.8. The summed E-state index contributed by atoms with van der Waals surface area (Å²) in [5, 5.41) is 0. The lowest BCUT2D eigenvalue weighted by molar-refractivity contribution is -0.142. The van der Waals surface area contributed by atoms with E-state index < -0.39 is 10.0 Å². The molecular weight excluding hydrogens is 360 g/mol. The summed E-state index contributed by atoms with van der Waals surface area (Å²) >= 11 is 1.34. The molecule has 0 spiro atoms. The fourth-order valence-corrected chi connectivity index (χ4v) is 7.79. The van der Waals surface area contributed by atoms with Gasteiger partial charge < -0.3 is 0 Å². The summed E-state index contributed by atoms with van der Waals surface area (Å²) in [5.74, 6) is -0.201. The number of piperidine rings is 1. The highest BCUT2D eigenvalue weighted by atomic mass is 32.2. The van der Waals surface area contributed by atoms with Gasteiger partial charge in [-0.3, -0.25) is 14.5 Å². The van der Waals surface area contributed by atoms with E-state index in [9.17, 15) is 18.0 Å². The van der Waals surface area contributed by atoms with Crippen LogP contribution in [-0.4, -0.2) is 47.6 Å². The minimum Gasteiger partial charge on any atom is -0.279 e. The number of imide groups is 1. The van der Waals surface area contributed by atoms with Crippen molar-refractivity contribution in [3.63, 3.8) is 0 Å². The summed E-state index contributed by atoms with van der Waals surface area (Å²) in [6.07, 6.45) is 4.17. The van der Waals surface area contributed by atoms with Gasteiger partial charge in [0.05, 0.1) is 0 Å². The van der Waals surface area contributed by atoms with Crippen molar-refractivity contribution < 1.29 is 18.0 Å². The first-order valence-electron chi connectivity index (χ1n) is 8.89. The van der Waals surface area contributed by atoms with E-state index in [-0.39, 0.29) is 29.9 Å². The van der Waals surface area contributed by atoms with Crippen molar-refractivity contribution in [3.05, 3.63) is 17.0 Å². The number of aryl methyl sites for hydroxylation is 1. The number of sulfonamides is 1. The summed E-state index contributed by atoms with van der Waals surface area (Å²) < 4.78 is 28.3. The Balaban J connectivity index is 1.58. The van der Waals surface area contributed by atoms with Crippen LogP contribution in [0.4, 0.5) is 0 Å². The fourth-order valence-electron chi connectivity index (χ4n) is 4.50. The molecule has 25 heavy (non-hydrogen) atoms. The lowest BCUT2D eigenvalue weighted by Gasteiger charge is -2.40. The quantitative estimate of drug-likeness (QED) is 0.748. The van der Waals surface area contributed by atoms with Crippen molar-refractivity contribution in [3.8, 4) is 0 Å². The first kappa shape index (κ1) is 17.2. The van der Waals surface area contributed by atoms with E-state index in [1.807, 2.05) is 13.0 Å². The van der Waals surface area contributed by atoms with Crippen LogP contribution < -0.4 is 0 Å². The highest BCUT2D eigenvalue weighted by Crippen LogP contribution is 2.43. The summed E-state index contributed by atoms with van der Waals surface area (Å²) in [4.78, 5) is 26.5. The van der Waals surface area contributed by atoms with Crippen LogP contribution in [0.25, 0.3) is 0 Å². The van der Waals surface area contributed by atoms with Gasteiger partial charge in [0.15, 0.2) is 0 Å². The monoisotopic (exact) mass is 382 g/mol. The molecule has 0 saturated carbocycles. The van der Waals surface area contributed by atoms with Crippen molar-refractivity contribution >= 4 is 33.2 Å². The van der Waals surface area contributed by atoms with E-state index in [0.717, 1.165) is 24.1 Å². The number of nitrogens with zero attached hydrogens (tertiary/aromatic N) is 2. The van der Waals surface area contributed by atoms with Crippen LogP contribution in [-0.2, 0) is 26.0 Å². The van der Waals surface area contributed by atoms with E-state index in [1.54, 1.807) is 10.4 Å². The third kappa shape index (κ3) is 2.74. The van der Waals surface area contributed by atoms with Crippen molar-refractivity contribution in [1.29, 1.82) is 0 Å². The minimum absolute atomic E-state index is 0.100. The Hall–Kier alpha value is -1.25. The lowest BCUT2D eigenvalue weighted by atomic mass is 9.98. The van der Waals surface area contributed by atoms with Crippen molar-refractivity contribution in [2.24, 2.45) is 0 Å². The van der Waals surface area contributed by atoms with Gasteiger partial charge in [-0.05, 0) is 44.2 Å². The number of fused-ring (bicyclic) bond motifs is 2. The van der Waals surface area contributed by atoms with E-state index in [1.165, 1.54) is 16.2 Å². The maximum atomic E-state index is 13.1. The maximum absolute atomic E-state index is 13.1. The Morgan fingerprint density at radius 2 is 1.64 bits per heavy atom. The zero-order chi connectivity index (χ0) is 17.8. The molecule has 3 aliphatic rings. The Labute approximate surface area is 151 Å². The molecule has 6 nitrogen and oxygen atoms in total. The predicted octanol–water partition coefficient (Wildman–Crippen LogP) is 2.14. The number of rotatable bonds is 4. The van der Waals surface area contributed by atoms with Crippen LogP contribution in [0.5, 0.6) is 0 Å². The predicted molar refractivity (Wildman–Crippen MR) is 93.6 cm³/mol. The largest absolute Gasteiger partial charge is 0.279 e. The molecule has 2 unspecified atom stereocenters. The fraction of sp³-hybridized carbons (Fsp3) is 0.647. The molecule has 0 aliphatic carbocycles. The molecule has 3 aliphatic heterocycles. The molecule has 3 fully saturated rings.